The van der Waals surface area contributed by atoms with Crippen LogP contribution in [0.3, 0.4) is 0 Å². The lowest BCUT2D eigenvalue weighted by molar-refractivity contribution is 0.103. The molecule has 20 heavy (non-hydrogen) atoms. The van der Waals surface area contributed by atoms with Crippen LogP contribution in [0.2, 0.25) is 0 Å². The van der Waals surface area contributed by atoms with E-state index in [0.29, 0.717) is 5.69 Å². The molecule has 1 aliphatic rings. The second kappa shape index (κ2) is 5.25. The fraction of sp³-hybridized carbons (Fsp3) is 0.643. The van der Waals surface area contributed by atoms with Crippen molar-refractivity contribution in [2.24, 2.45) is 5.92 Å². The van der Waals surface area contributed by atoms with Crippen LogP contribution in [0, 0.1) is 24.2 Å². The first kappa shape index (κ1) is 14.5. The summed E-state index contributed by atoms with van der Waals surface area (Å²) in [6, 6.07) is 1.96. The van der Waals surface area contributed by atoms with Crippen LogP contribution in [-0.2, 0) is 6.54 Å². The largest absolute Gasteiger partial charge is 0.391 e. The van der Waals surface area contributed by atoms with Crippen molar-refractivity contribution in [2.45, 2.75) is 52.3 Å². The quantitative estimate of drug-likeness (QED) is 0.870. The molecule has 1 saturated carbocycles. The smallest absolute Gasteiger partial charge is 0.331 e. The van der Waals surface area contributed by atoms with Gasteiger partial charge in [0.2, 0.25) is 0 Å². The maximum atomic E-state index is 12.4. The second-order valence-corrected chi connectivity index (χ2v) is 5.68. The van der Waals surface area contributed by atoms with Gasteiger partial charge >= 0.3 is 5.69 Å². The standard InChI is InChI=1S/C14H19N3O3/c1-8(2)12(18)7-16-13(19)11(6-15)9(3)17(14(16)20)10-4-5-10/h8,10,12,18H,4-5,7H2,1-3H3. The summed E-state index contributed by atoms with van der Waals surface area (Å²) in [5.74, 6) is -0.0671. The first-order valence-corrected chi connectivity index (χ1v) is 6.82. The fourth-order valence-corrected chi connectivity index (χ4v) is 2.22. The van der Waals surface area contributed by atoms with E-state index in [2.05, 4.69) is 0 Å². The van der Waals surface area contributed by atoms with E-state index in [1.54, 1.807) is 6.92 Å². The number of aliphatic hydroxyl groups excluding tert-OH is 1. The van der Waals surface area contributed by atoms with E-state index in [9.17, 15) is 14.7 Å². The van der Waals surface area contributed by atoms with Crippen LogP contribution in [0.15, 0.2) is 9.59 Å². The third-order valence-electron chi connectivity index (χ3n) is 3.78. The van der Waals surface area contributed by atoms with Gasteiger partial charge in [0, 0.05) is 11.7 Å². The number of aromatic nitrogens is 2. The van der Waals surface area contributed by atoms with Crippen LogP contribution in [0.4, 0.5) is 0 Å². The molecule has 0 radical (unpaired) electrons. The van der Waals surface area contributed by atoms with E-state index in [1.165, 1.54) is 4.57 Å². The molecule has 0 aliphatic heterocycles. The molecule has 1 aromatic heterocycles. The summed E-state index contributed by atoms with van der Waals surface area (Å²) in [4.78, 5) is 24.6. The summed E-state index contributed by atoms with van der Waals surface area (Å²) in [5.41, 5.74) is -0.604. The molecule has 1 aromatic rings. The summed E-state index contributed by atoms with van der Waals surface area (Å²) in [7, 11) is 0. The zero-order chi connectivity index (χ0) is 15.0. The van der Waals surface area contributed by atoms with Gasteiger partial charge in [-0.1, -0.05) is 13.8 Å². The zero-order valence-electron chi connectivity index (χ0n) is 12.0. The van der Waals surface area contributed by atoms with Gasteiger partial charge < -0.3 is 5.11 Å². The highest BCUT2D eigenvalue weighted by atomic mass is 16.3. The predicted octanol–water partition coefficient (Wildman–Crippen LogP) is 0.542. The van der Waals surface area contributed by atoms with Crippen LogP contribution in [0.25, 0.3) is 0 Å². The molecule has 108 valence electrons. The average Bonchev–Trinajstić information content (AvgIpc) is 3.19. The van der Waals surface area contributed by atoms with Crippen molar-refractivity contribution in [3.8, 4) is 6.07 Å². The number of aliphatic hydroxyl groups is 1. The first-order valence-electron chi connectivity index (χ1n) is 6.82. The van der Waals surface area contributed by atoms with Gasteiger partial charge in [0.15, 0.2) is 0 Å². The Hall–Kier alpha value is -1.87. The van der Waals surface area contributed by atoms with Gasteiger partial charge in [-0.05, 0) is 25.7 Å². The topological polar surface area (TPSA) is 88.0 Å². The van der Waals surface area contributed by atoms with Crippen molar-refractivity contribution in [1.29, 1.82) is 5.26 Å². The van der Waals surface area contributed by atoms with Crippen LogP contribution in [0.1, 0.15) is 44.0 Å². The Morgan fingerprint density at radius 2 is 2.00 bits per heavy atom. The Morgan fingerprint density at radius 3 is 2.45 bits per heavy atom. The Labute approximate surface area is 116 Å². The Kier molecular flexibility index (Phi) is 3.82. The molecule has 0 spiro atoms. The van der Waals surface area contributed by atoms with Gasteiger partial charge in [0.05, 0.1) is 12.6 Å². The Morgan fingerprint density at radius 1 is 1.40 bits per heavy atom. The highest BCUT2D eigenvalue weighted by Crippen LogP contribution is 2.34. The van der Waals surface area contributed by atoms with E-state index < -0.39 is 17.4 Å². The molecule has 1 unspecified atom stereocenters. The van der Waals surface area contributed by atoms with Gasteiger partial charge in [0.1, 0.15) is 11.6 Å². The summed E-state index contributed by atoms with van der Waals surface area (Å²) >= 11 is 0. The molecule has 1 fully saturated rings. The molecule has 1 atom stereocenters. The van der Waals surface area contributed by atoms with Crippen molar-refractivity contribution in [3.05, 3.63) is 32.1 Å². The van der Waals surface area contributed by atoms with Gasteiger partial charge in [-0.25, -0.2) is 4.79 Å². The minimum Gasteiger partial charge on any atom is -0.391 e. The Balaban J connectivity index is 2.62. The highest BCUT2D eigenvalue weighted by Gasteiger charge is 2.29. The lowest BCUT2D eigenvalue weighted by atomic mass is 10.1. The van der Waals surface area contributed by atoms with Crippen LogP contribution < -0.4 is 11.2 Å². The number of hydrogen-bond donors (Lipinski definition) is 1. The molecular formula is C14H19N3O3. The molecular weight excluding hydrogens is 258 g/mol. The molecule has 0 saturated heterocycles. The monoisotopic (exact) mass is 277 g/mol. The van der Waals surface area contributed by atoms with Crippen molar-refractivity contribution in [1.82, 2.24) is 9.13 Å². The van der Waals surface area contributed by atoms with E-state index in [4.69, 9.17) is 5.26 Å². The van der Waals surface area contributed by atoms with E-state index >= 15 is 0 Å². The molecule has 2 rings (SSSR count). The fourth-order valence-electron chi connectivity index (χ4n) is 2.22. The van der Waals surface area contributed by atoms with Gasteiger partial charge in [-0.2, -0.15) is 5.26 Å². The Bertz CT molecular complexity index is 675. The molecule has 1 heterocycles. The normalized spacial score (nSPS) is 16.2. The second-order valence-electron chi connectivity index (χ2n) is 5.68. The number of hydrogen-bond acceptors (Lipinski definition) is 4. The first-order chi connectivity index (χ1) is 9.38. The number of nitriles is 1. The molecule has 0 amide bonds. The molecule has 6 heteroatoms. The van der Waals surface area contributed by atoms with Crippen molar-refractivity contribution < 1.29 is 5.11 Å². The van der Waals surface area contributed by atoms with Crippen molar-refractivity contribution in [3.63, 3.8) is 0 Å². The van der Waals surface area contributed by atoms with E-state index in [0.717, 1.165) is 17.4 Å². The summed E-state index contributed by atoms with van der Waals surface area (Å²) in [5, 5.41) is 19.1. The molecule has 0 aromatic carbocycles. The zero-order valence-corrected chi connectivity index (χ0v) is 12.0. The van der Waals surface area contributed by atoms with E-state index in [1.807, 2.05) is 19.9 Å². The van der Waals surface area contributed by atoms with Crippen LogP contribution in [0.5, 0.6) is 0 Å². The van der Waals surface area contributed by atoms with Crippen LogP contribution >= 0.6 is 0 Å². The number of rotatable bonds is 4. The van der Waals surface area contributed by atoms with Gasteiger partial charge in [-0.3, -0.25) is 13.9 Å². The summed E-state index contributed by atoms with van der Waals surface area (Å²) < 4.78 is 2.52. The highest BCUT2D eigenvalue weighted by molar-refractivity contribution is 5.31. The van der Waals surface area contributed by atoms with E-state index in [-0.39, 0.29) is 24.1 Å². The summed E-state index contributed by atoms with van der Waals surface area (Å²) in [6.45, 7) is 5.18. The van der Waals surface area contributed by atoms with Crippen molar-refractivity contribution >= 4 is 0 Å². The third kappa shape index (κ3) is 2.41. The number of nitrogens with zero attached hydrogens (tertiary/aromatic N) is 3. The maximum Gasteiger partial charge on any atom is 0.331 e. The van der Waals surface area contributed by atoms with Gasteiger partial charge in [0.25, 0.3) is 5.56 Å². The molecule has 0 bridgehead atoms. The molecule has 1 N–H and O–H groups in total. The molecule has 1 aliphatic carbocycles. The van der Waals surface area contributed by atoms with Gasteiger partial charge in [-0.15, -0.1) is 0 Å². The lowest BCUT2D eigenvalue weighted by Crippen LogP contribution is -2.45. The summed E-state index contributed by atoms with van der Waals surface area (Å²) in [6.07, 6.45) is 0.981. The van der Waals surface area contributed by atoms with Crippen molar-refractivity contribution in [2.75, 3.05) is 0 Å². The third-order valence-corrected chi connectivity index (χ3v) is 3.78. The molecule has 6 nitrogen and oxygen atoms in total. The minimum atomic E-state index is -0.790. The SMILES string of the molecule is Cc1c(C#N)c(=O)n(CC(O)C(C)C)c(=O)n1C1CC1. The average molecular weight is 277 g/mol. The predicted molar refractivity (Wildman–Crippen MR) is 73.5 cm³/mol. The maximum absolute atomic E-state index is 12.4. The minimum absolute atomic E-state index is 0.00699. The van der Waals surface area contributed by atoms with Crippen LogP contribution in [-0.4, -0.2) is 20.3 Å². The lowest BCUT2D eigenvalue weighted by Gasteiger charge is -2.18.